The first-order valence-electron chi connectivity index (χ1n) is 3.69. The van der Waals surface area contributed by atoms with Gasteiger partial charge in [-0.05, 0) is 31.6 Å². The predicted molar refractivity (Wildman–Crippen MR) is 52.8 cm³/mol. The van der Waals surface area contributed by atoms with Gasteiger partial charge in [0.15, 0.2) is 0 Å². The summed E-state index contributed by atoms with van der Waals surface area (Å²) in [7, 11) is 0. The zero-order valence-corrected chi connectivity index (χ0v) is 8.06. The van der Waals surface area contributed by atoms with Gasteiger partial charge in [-0.1, -0.05) is 12.2 Å². The summed E-state index contributed by atoms with van der Waals surface area (Å²) in [5.74, 6) is 0. The van der Waals surface area contributed by atoms with Crippen LogP contribution < -0.4 is 0 Å². The Hall–Kier alpha value is -0.210. The van der Waals surface area contributed by atoms with E-state index in [1.54, 1.807) is 13.0 Å². The SMILES string of the molecule is C=CC(C)(O)CC/C=C(\C)S. The van der Waals surface area contributed by atoms with Crippen LogP contribution in [0.5, 0.6) is 0 Å². The molecule has 1 nitrogen and oxygen atoms in total. The highest BCUT2D eigenvalue weighted by molar-refractivity contribution is 7.84. The van der Waals surface area contributed by atoms with Crippen LogP contribution in [0.4, 0.5) is 0 Å². The number of aliphatic hydroxyl groups is 1. The average molecular weight is 172 g/mol. The third-order valence-corrected chi connectivity index (χ3v) is 1.71. The zero-order chi connectivity index (χ0) is 8.91. The summed E-state index contributed by atoms with van der Waals surface area (Å²) in [5, 5.41) is 9.46. The number of hydrogen-bond acceptors (Lipinski definition) is 2. The molecule has 0 aliphatic rings. The summed E-state index contributed by atoms with van der Waals surface area (Å²) in [6, 6.07) is 0. The number of allylic oxidation sites excluding steroid dienone is 2. The van der Waals surface area contributed by atoms with Crippen molar-refractivity contribution in [2.45, 2.75) is 32.3 Å². The van der Waals surface area contributed by atoms with E-state index < -0.39 is 5.60 Å². The van der Waals surface area contributed by atoms with Gasteiger partial charge in [0.2, 0.25) is 0 Å². The van der Waals surface area contributed by atoms with Gasteiger partial charge in [-0.25, -0.2) is 0 Å². The van der Waals surface area contributed by atoms with Gasteiger partial charge in [0.1, 0.15) is 0 Å². The van der Waals surface area contributed by atoms with E-state index in [0.29, 0.717) is 6.42 Å². The van der Waals surface area contributed by atoms with Gasteiger partial charge in [-0.2, -0.15) is 0 Å². The van der Waals surface area contributed by atoms with Crippen LogP contribution in [0.2, 0.25) is 0 Å². The first-order valence-corrected chi connectivity index (χ1v) is 4.14. The third-order valence-electron chi connectivity index (χ3n) is 1.53. The van der Waals surface area contributed by atoms with Gasteiger partial charge >= 0.3 is 0 Å². The molecule has 64 valence electrons. The van der Waals surface area contributed by atoms with Gasteiger partial charge in [0.25, 0.3) is 0 Å². The fourth-order valence-corrected chi connectivity index (χ4v) is 0.804. The maximum absolute atomic E-state index is 9.46. The van der Waals surface area contributed by atoms with Crippen LogP contribution >= 0.6 is 12.6 Å². The first-order chi connectivity index (χ1) is 4.98. The Balaban J connectivity index is 3.71. The van der Waals surface area contributed by atoms with E-state index in [-0.39, 0.29) is 0 Å². The summed E-state index contributed by atoms with van der Waals surface area (Å²) >= 11 is 4.11. The number of thiol groups is 1. The zero-order valence-electron chi connectivity index (χ0n) is 7.17. The molecule has 0 spiro atoms. The molecule has 0 rings (SSSR count). The van der Waals surface area contributed by atoms with E-state index in [9.17, 15) is 5.11 Å². The van der Waals surface area contributed by atoms with Crippen molar-refractivity contribution in [3.8, 4) is 0 Å². The summed E-state index contributed by atoms with van der Waals surface area (Å²) in [5.41, 5.74) is -0.736. The monoisotopic (exact) mass is 172 g/mol. The Morgan fingerprint density at radius 2 is 2.27 bits per heavy atom. The number of rotatable bonds is 4. The topological polar surface area (TPSA) is 20.2 Å². The molecule has 0 aromatic rings. The molecule has 0 aromatic heterocycles. The quantitative estimate of drug-likeness (QED) is 0.493. The molecule has 0 heterocycles. The van der Waals surface area contributed by atoms with Crippen LogP contribution in [-0.4, -0.2) is 10.7 Å². The highest BCUT2D eigenvalue weighted by atomic mass is 32.1. The fraction of sp³-hybridized carbons (Fsp3) is 0.556. The van der Waals surface area contributed by atoms with Crippen LogP contribution in [0.25, 0.3) is 0 Å². The molecule has 0 aliphatic heterocycles. The molecule has 0 bridgehead atoms. The van der Waals surface area contributed by atoms with E-state index in [1.807, 2.05) is 13.0 Å². The molecule has 0 amide bonds. The third kappa shape index (κ3) is 6.20. The van der Waals surface area contributed by atoms with E-state index in [4.69, 9.17) is 0 Å². The Morgan fingerprint density at radius 3 is 2.64 bits per heavy atom. The van der Waals surface area contributed by atoms with E-state index in [1.165, 1.54) is 0 Å². The van der Waals surface area contributed by atoms with Crippen molar-refractivity contribution in [1.29, 1.82) is 0 Å². The van der Waals surface area contributed by atoms with Crippen molar-refractivity contribution < 1.29 is 5.11 Å². The van der Waals surface area contributed by atoms with Crippen molar-refractivity contribution in [3.63, 3.8) is 0 Å². The molecule has 0 fully saturated rings. The molecule has 0 aliphatic carbocycles. The smallest absolute Gasteiger partial charge is 0.0800 e. The normalized spacial score (nSPS) is 17.6. The Bertz CT molecular complexity index is 155. The van der Waals surface area contributed by atoms with Crippen LogP contribution in [0.15, 0.2) is 23.6 Å². The molecule has 0 saturated carbocycles. The number of hydrogen-bond donors (Lipinski definition) is 2. The van der Waals surface area contributed by atoms with Crippen molar-refractivity contribution in [2.24, 2.45) is 0 Å². The minimum atomic E-state index is -0.736. The Labute approximate surface area is 74.2 Å². The van der Waals surface area contributed by atoms with Crippen molar-refractivity contribution >= 4 is 12.6 Å². The molecule has 0 aromatic carbocycles. The minimum Gasteiger partial charge on any atom is -0.386 e. The predicted octanol–water partition coefficient (Wildman–Crippen LogP) is 2.54. The highest BCUT2D eigenvalue weighted by Crippen LogP contribution is 2.14. The average Bonchev–Trinajstić information content (AvgIpc) is 1.87. The minimum absolute atomic E-state index is 0.703. The summed E-state index contributed by atoms with van der Waals surface area (Å²) in [4.78, 5) is 0.991. The van der Waals surface area contributed by atoms with E-state index in [2.05, 4.69) is 19.2 Å². The second-order valence-corrected chi connectivity index (χ2v) is 3.65. The molecule has 1 unspecified atom stereocenters. The van der Waals surface area contributed by atoms with Crippen LogP contribution in [0.3, 0.4) is 0 Å². The molecule has 0 radical (unpaired) electrons. The van der Waals surface area contributed by atoms with E-state index in [0.717, 1.165) is 11.3 Å². The Morgan fingerprint density at radius 1 is 1.73 bits per heavy atom. The maximum atomic E-state index is 9.46. The molecule has 1 N–H and O–H groups in total. The maximum Gasteiger partial charge on any atom is 0.0800 e. The standard InChI is InChI=1S/C9H16OS/c1-4-9(3,10)7-5-6-8(2)11/h4,6,10-11H,1,5,7H2,2-3H3/b8-6+. The van der Waals surface area contributed by atoms with E-state index >= 15 is 0 Å². The molecule has 0 saturated heterocycles. The molecule has 2 heteroatoms. The van der Waals surface area contributed by atoms with Crippen LogP contribution in [-0.2, 0) is 0 Å². The van der Waals surface area contributed by atoms with Crippen molar-refractivity contribution in [1.82, 2.24) is 0 Å². The second kappa shape index (κ2) is 4.62. The van der Waals surface area contributed by atoms with Crippen LogP contribution in [0, 0.1) is 0 Å². The first kappa shape index (κ1) is 10.8. The Kier molecular flexibility index (Phi) is 4.54. The highest BCUT2D eigenvalue weighted by Gasteiger charge is 2.12. The van der Waals surface area contributed by atoms with Crippen LogP contribution in [0.1, 0.15) is 26.7 Å². The molecular formula is C9H16OS. The van der Waals surface area contributed by atoms with Gasteiger partial charge in [0, 0.05) is 0 Å². The molecular weight excluding hydrogens is 156 g/mol. The summed E-state index contributed by atoms with van der Waals surface area (Å²) in [6.07, 6.45) is 5.10. The lowest BCUT2D eigenvalue weighted by atomic mass is 10.0. The summed E-state index contributed by atoms with van der Waals surface area (Å²) < 4.78 is 0. The van der Waals surface area contributed by atoms with Gasteiger partial charge in [-0.15, -0.1) is 19.2 Å². The van der Waals surface area contributed by atoms with Gasteiger partial charge in [-0.3, -0.25) is 0 Å². The molecule has 11 heavy (non-hydrogen) atoms. The van der Waals surface area contributed by atoms with Gasteiger partial charge < -0.3 is 5.11 Å². The van der Waals surface area contributed by atoms with Crippen molar-refractivity contribution in [2.75, 3.05) is 0 Å². The lowest BCUT2D eigenvalue weighted by Gasteiger charge is -2.16. The van der Waals surface area contributed by atoms with Gasteiger partial charge in [0.05, 0.1) is 5.60 Å². The molecule has 1 atom stereocenters. The van der Waals surface area contributed by atoms with Crippen molar-refractivity contribution in [3.05, 3.63) is 23.6 Å². The lowest BCUT2D eigenvalue weighted by molar-refractivity contribution is 0.103. The summed E-state index contributed by atoms with van der Waals surface area (Å²) in [6.45, 7) is 7.21. The largest absolute Gasteiger partial charge is 0.386 e. The lowest BCUT2D eigenvalue weighted by Crippen LogP contribution is -2.19. The fourth-order valence-electron chi connectivity index (χ4n) is 0.675. The second-order valence-electron chi connectivity index (χ2n) is 2.95.